The first-order chi connectivity index (χ1) is 13.1. The van der Waals surface area contributed by atoms with E-state index in [0.717, 1.165) is 38.1 Å². The summed E-state index contributed by atoms with van der Waals surface area (Å²) in [5.74, 6) is 1.44. The summed E-state index contributed by atoms with van der Waals surface area (Å²) in [4.78, 5) is 17.5. The minimum atomic E-state index is 0.145. The highest BCUT2D eigenvalue weighted by molar-refractivity contribution is 5.78. The van der Waals surface area contributed by atoms with Crippen LogP contribution >= 0.6 is 0 Å². The number of amides is 1. The van der Waals surface area contributed by atoms with Crippen LogP contribution in [0.2, 0.25) is 0 Å². The van der Waals surface area contributed by atoms with Gasteiger partial charge in [0.15, 0.2) is 6.61 Å². The Hall–Kier alpha value is -1.55. The van der Waals surface area contributed by atoms with E-state index in [1.54, 1.807) is 0 Å². The van der Waals surface area contributed by atoms with Crippen molar-refractivity contribution < 1.29 is 9.53 Å². The van der Waals surface area contributed by atoms with Crippen molar-refractivity contribution in [3.8, 4) is 5.75 Å². The summed E-state index contributed by atoms with van der Waals surface area (Å²) in [5.41, 5.74) is 1.29. The number of hydrogen-bond acceptors (Lipinski definition) is 3. The van der Waals surface area contributed by atoms with Crippen LogP contribution in [0.4, 0.5) is 0 Å². The van der Waals surface area contributed by atoms with E-state index in [0.29, 0.717) is 12.0 Å². The number of benzene rings is 1. The Morgan fingerprint density at radius 2 is 1.74 bits per heavy atom. The van der Waals surface area contributed by atoms with Gasteiger partial charge in [-0.05, 0) is 75.2 Å². The monoisotopic (exact) mass is 372 g/mol. The molecule has 150 valence electrons. The Kier molecular flexibility index (Phi) is 7.57. The summed E-state index contributed by atoms with van der Waals surface area (Å²) < 4.78 is 5.80. The lowest BCUT2D eigenvalue weighted by Gasteiger charge is -2.37. The standard InChI is InChI=1S/C23H36N2O2/c1-19(2)20-9-11-22(12-10-20)27-18-23(26)25-16-7-4-8-21(25)13-17-24-14-5-3-6-15-24/h9-12,19,21H,3-8,13-18H2,1-2H3/t21-/m1/s1. The Labute approximate surface area is 164 Å². The summed E-state index contributed by atoms with van der Waals surface area (Å²) in [6, 6.07) is 8.53. The average Bonchev–Trinajstić information content (AvgIpc) is 2.71. The quantitative estimate of drug-likeness (QED) is 0.709. The molecule has 1 atom stereocenters. The summed E-state index contributed by atoms with van der Waals surface area (Å²) >= 11 is 0. The lowest BCUT2D eigenvalue weighted by atomic mass is 9.98. The molecule has 0 N–H and O–H groups in total. The molecule has 2 aliphatic heterocycles. The molecule has 0 aromatic heterocycles. The second kappa shape index (κ2) is 10.1. The predicted molar refractivity (Wildman–Crippen MR) is 110 cm³/mol. The zero-order chi connectivity index (χ0) is 19.1. The van der Waals surface area contributed by atoms with Gasteiger partial charge in [-0.1, -0.05) is 32.4 Å². The fraction of sp³-hybridized carbons (Fsp3) is 0.696. The SMILES string of the molecule is CC(C)c1ccc(OCC(=O)N2CCCC[C@@H]2CCN2CCCCC2)cc1. The molecule has 1 aromatic carbocycles. The van der Waals surface area contributed by atoms with Crippen LogP contribution in [0.5, 0.6) is 5.75 Å². The van der Waals surface area contributed by atoms with Gasteiger partial charge in [0.25, 0.3) is 5.91 Å². The number of piperidine rings is 2. The molecule has 1 amide bonds. The maximum absolute atomic E-state index is 12.8. The highest BCUT2D eigenvalue weighted by Gasteiger charge is 2.27. The molecule has 2 saturated heterocycles. The molecule has 0 bridgehead atoms. The third-order valence-electron chi connectivity index (χ3n) is 6.08. The topological polar surface area (TPSA) is 32.8 Å². The van der Waals surface area contributed by atoms with E-state index in [-0.39, 0.29) is 12.5 Å². The van der Waals surface area contributed by atoms with Crippen molar-refractivity contribution >= 4 is 5.91 Å². The van der Waals surface area contributed by atoms with Crippen LogP contribution in [0.25, 0.3) is 0 Å². The number of nitrogens with zero attached hydrogens (tertiary/aromatic N) is 2. The van der Waals surface area contributed by atoms with Crippen LogP contribution in [-0.2, 0) is 4.79 Å². The number of likely N-dealkylation sites (tertiary alicyclic amines) is 2. The summed E-state index contributed by atoms with van der Waals surface area (Å²) in [6.45, 7) is 9.00. The van der Waals surface area contributed by atoms with E-state index in [9.17, 15) is 4.79 Å². The fourth-order valence-electron chi connectivity index (χ4n) is 4.32. The van der Waals surface area contributed by atoms with Crippen LogP contribution in [-0.4, -0.2) is 54.5 Å². The smallest absolute Gasteiger partial charge is 0.260 e. The first kappa shape index (κ1) is 20.2. The lowest BCUT2D eigenvalue weighted by molar-refractivity contribution is -0.137. The van der Waals surface area contributed by atoms with Crippen LogP contribution in [0, 0.1) is 0 Å². The van der Waals surface area contributed by atoms with Crippen LogP contribution in [0.3, 0.4) is 0 Å². The minimum Gasteiger partial charge on any atom is -0.484 e. The van der Waals surface area contributed by atoms with Crippen molar-refractivity contribution in [3.05, 3.63) is 29.8 Å². The Morgan fingerprint density at radius 1 is 1.04 bits per heavy atom. The molecule has 2 aliphatic rings. The summed E-state index contributed by atoms with van der Waals surface area (Å²) in [5, 5.41) is 0. The molecule has 2 heterocycles. The molecule has 27 heavy (non-hydrogen) atoms. The van der Waals surface area contributed by atoms with Crippen LogP contribution in [0.15, 0.2) is 24.3 Å². The highest BCUT2D eigenvalue weighted by atomic mass is 16.5. The van der Waals surface area contributed by atoms with Gasteiger partial charge in [-0.25, -0.2) is 0 Å². The molecule has 3 rings (SSSR count). The van der Waals surface area contributed by atoms with Gasteiger partial charge in [-0.2, -0.15) is 0 Å². The molecule has 1 aromatic rings. The summed E-state index contributed by atoms with van der Waals surface area (Å²) in [7, 11) is 0. The maximum Gasteiger partial charge on any atom is 0.260 e. The molecule has 0 radical (unpaired) electrons. The number of carbonyl (C=O) groups excluding carboxylic acids is 1. The molecule has 0 spiro atoms. The number of hydrogen-bond donors (Lipinski definition) is 0. The number of rotatable bonds is 7. The molecule has 2 fully saturated rings. The first-order valence-electron chi connectivity index (χ1n) is 10.9. The first-order valence-corrected chi connectivity index (χ1v) is 10.9. The van der Waals surface area contributed by atoms with E-state index in [2.05, 4.69) is 35.8 Å². The third kappa shape index (κ3) is 5.97. The normalized spacial score (nSPS) is 21.4. The van der Waals surface area contributed by atoms with Gasteiger partial charge in [0.2, 0.25) is 0 Å². The van der Waals surface area contributed by atoms with Crippen molar-refractivity contribution in [1.82, 2.24) is 9.80 Å². The van der Waals surface area contributed by atoms with Crippen molar-refractivity contribution in [3.63, 3.8) is 0 Å². The van der Waals surface area contributed by atoms with Gasteiger partial charge in [0.1, 0.15) is 5.75 Å². The second-order valence-corrected chi connectivity index (χ2v) is 8.44. The zero-order valence-electron chi connectivity index (χ0n) is 17.2. The van der Waals surface area contributed by atoms with E-state index in [1.807, 2.05) is 12.1 Å². The molecular weight excluding hydrogens is 336 g/mol. The summed E-state index contributed by atoms with van der Waals surface area (Å²) in [6.07, 6.45) is 8.64. The third-order valence-corrected chi connectivity index (χ3v) is 6.08. The van der Waals surface area contributed by atoms with E-state index < -0.39 is 0 Å². The average molecular weight is 373 g/mol. The predicted octanol–water partition coefficient (Wildman–Crippen LogP) is 4.45. The van der Waals surface area contributed by atoms with Gasteiger partial charge >= 0.3 is 0 Å². The van der Waals surface area contributed by atoms with Gasteiger partial charge in [-0.15, -0.1) is 0 Å². The molecule has 4 heteroatoms. The van der Waals surface area contributed by atoms with Gasteiger partial charge < -0.3 is 14.5 Å². The fourth-order valence-corrected chi connectivity index (χ4v) is 4.32. The molecular formula is C23H36N2O2. The van der Waals surface area contributed by atoms with Crippen molar-refractivity contribution in [2.75, 3.05) is 32.8 Å². The van der Waals surface area contributed by atoms with Crippen LogP contribution < -0.4 is 4.74 Å². The van der Waals surface area contributed by atoms with E-state index in [1.165, 1.54) is 44.3 Å². The Balaban J connectivity index is 1.48. The Morgan fingerprint density at radius 3 is 2.44 bits per heavy atom. The zero-order valence-corrected chi connectivity index (χ0v) is 17.2. The second-order valence-electron chi connectivity index (χ2n) is 8.44. The molecule has 0 aliphatic carbocycles. The molecule has 4 nitrogen and oxygen atoms in total. The Bertz CT molecular complexity index is 579. The molecule has 0 unspecified atom stereocenters. The van der Waals surface area contributed by atoms with Crippen molar-refractivity contribution in [1.29, 1.82) is 0 Å². The van der Waals surface area contributed by atoms with E-state index >= 15 is 0 Å². The largest absolute Gasteiger partial charge is 0.484 e. The van der Waals surface area contributed by atoms with E-state index in [4.69, 9.17) is 4.74 Å². The molecule has 0 saturated carbocycles. The lowest BCUT2D eigenvalue weighted by Crippen LogP contribution is -2.47. The maximum atomic E-state index is 12.8. The van der Waals surface area contributed by atoms with Gasteiger partial charge in [-0.3, -0.25) is 4.79 Å². The van der Waals surface area contributed by atoms with Crippen molar-refractivity contribution in [2.24, 2.45) is 0 Å². The van der Waals surface area contributed by atoms with Crippen molar-refractivity contribution in [2.45, 2.75) is 70.8 Å². The minimum absolute atomic E-state index is 0.145. The number of ether oxygens (including phenoxy) is 1. The van der Waals surface area contributed by atoms with Crippen LogP contribution in [0.1, 0.15) is 70.3 Å². The van der Waals surface area contributed by atoms with Gasteiger partial charge in [0, 0.05) is 19.1 Å². The highest BCUT2D eigenvalue weighted by Crippen LogP contribution is 2.22. The van der Waals surface area contributed by atoms with Gasteiger partial charge in [0.05, 0.1) is 0 Å². The number of carbonyl (C=O) groups is 1.